The normalized spacial score (nSPS) is 20.5. The number of likely N-dealkylation sites (tertiary alicyclic amines) is 1. The van der Waals surface area contributed by atoms with E-state index >= 15 is 0 Å². The molecule has 1 aromatic heterocycles. The van der Waals surface area contributed by atoms with Crippen LogP contribution in [-0.2, 0) is 21.2 Å². The van der Waals surface area contributed by atoms with E-state index in [-0.39, 0.29) is 17.7 Å². The van der Waals surface area contributed by atoms with Crippen LogP contribution in [0.4, 0.5) is 0 Å². The van der Waals surface area contributed by atoms with Crippen molar-refractivity contribution in [3.05, 3.63) is 18.0 Å². The van der Waals surface area contributed by atoms with E-state index in [0.29, 0.717) is 19.5 Å². The van der Waals surface area contributed by atoms with Gasteiger partial charge in [-0.25, -0.2) is 8.42 Å². The molecule has 2 atom stereocenters. The lowest BCUT2D eigenvalue weighted by Gasteiger charge is -2.37. The van der Waals surface area contributed by atoms with Gasteiger partial charge in [-0.05, 0) is 45.1 Å². The fourth-order valence-electron chi connectivity index (χ4n) is 3.11. The molecule has 0 bridgehead atoms. The standard InChI is InChI=1S/C16H27N3O3S/c1-4-9-23(21,22)14(3)16(20)19-8-6-5-7-15(19)12-18-11-13(2)10-17-18/h10-11,14-15H,4-9,12H2,1-3H3/t14-,15-/m1/s1. The largest absolute Gasteiger partial charge is 0.337 e. The molecule has 1 aromatic rings. The molecule has 1 amide bonds. The number of amides is 1. The number of aromatic nitrogens is 2. The molecule has 1 fully saturated rings. The summed E-state index contributed by atoms with van der Waals surface area (Å²) >= 11 is 0. The summed E-state index contributed by atoms with van der Waals surface area (Å²) in [5, 5.41) is 3.33. The SMILES string of the molecule is CCCS(=O)(=O)[C@H](C)C(=O)N1CCCC[C@@H]1Cn1cc(C)cn1. The molecular formula is C16H27N3O3S. The van der Waals surface area contributed by atoms with Crippen LogP contribution in [0.2, 0.25) is 0 Å². The van der Waals surface area contributed by atoms with Crippen molar-refractivity contribution in [1.82, 2.24) is 14.7 Å². The van der Waals surface area contributed by atoms with E-state index < -0.39 is 15.1 Å². The zero-order valence-corrected chi connectivity index (χ0v) is 15.1. The molecule has 1 aliphatic rings. The lowest BCUT2D eigenvalue weighted by Crippen LogP contribution is -2.51. The minimum atomic E-state index is -3.36. The highest BCUT2D eigenvalue weighted by Gasteiger charge is 2.35. The van der Waals surface area contributed by atoms with Crippen LogP contribution in [0.1, 0.15) is 45.1 Å². The zero-order valence-electron chi connectivity index (χ0n) is 14.2. The lowest BCUT2D eigenvalue weighted by molar-refractivity contribution is -0.134. The third kappa shape index (κ3) is 4.34. The highest BCUT2D eigenvalue weighted by atomic mass is 32.2. The molecule has 0 N–H and O–H groups in total. The maximum atomic E-state index is 12.7. The summed E-state index contributed by atoms with van der Waals surface area (Å²) in [4.78, 5) is 14.5. The molecule has 2 heterocycles. The molecule has 1 aliphatic heterocycles. The van der Waals surface area contributed by atoms with Crippen molar-refractivity contribution >= 4 is 15.7 Å². The van der Waals surface area contributed by atoms with Gasteiger partial charge in [0, 0.05) is 12.7 Å². The van der Waals surface area contributed by atoms with Gasteiger partial charge in [-0.2, -0.15) is 5.10 Å². The van der Waals surface area contributed by atoms with Gasteiger partial charge in [-0.3, -0.25) is 9.48 Å². The van der Waals surface area contributed by atoms with Crippen LogP contribution in [0.25, 0.3) is 0 Å². The van der Waals surface area contributed by atoms with Crippen molar-refractivity contribution in [2.24, 2.45) is 0 Å². The smallest absolute Gasteiger partial charge is 0.240 e. The summed E-state index contributed by atoms with van der Waals surface area (Å²) < 4.78 is 26.3. The molecule has 0 spiro atoms. The maximum absolute atomic E-state index is 12.7. The molecule has 23 heavy (non-hydrogen) atoms. The molecule has 0 unspecified atom stereocenters. The summed E-state index contributed by atoms with van der Waals surface area (Å²) in [6, 6.07) is 0.0230. The van der Waals surface area contributed by atoms with Crippen LogP contribution in [-0.4, -0.2) is 52.6 Å². The number of aryl methyl sites for hydroxylation is 1. The number of sulfone groups is 1. The van der Waals surface area contributed by atoms with E-state index in [0.717, 1.165) is 24.8 Å². The quantitative estimate of drug-likeness (QED) is 0.791. The Kier molecular flexibility index (Phi) is 5.84. The highest BCUT2D eigenvalue weighted by Crippen LogP contribution is 2.21. The van der Waals surface area contributed by atoms with Gasteiger partial charge in [-0.1, -0.05) is 6.92 Å². The Balaban J connectivity index is 2.12. The van der Waals surface area contributed by atoms with Gasteiger partial charge >= 0.3 is 0 Å². The minimum absolute atomic E-state index is 0.0230. The number of hydrogen-bond donors (Lipinski definition) is 0. The number of nitrogens with zero attached hydrogens (tertiary/aromatic N) is 3. The number of hydrogen-bond acceptors (Lipinski definition) is 4. The van der Waals surface area contributed by atoms with E-state index in [2.05, 4.69) is 5.10 Å². The fourth-order valence-corrected chi connectivity index (χ4v) is 4.48. The Morgan fingerprint density at radius 2 is 2.17 bits per heavy atom. The van der Waals surface area contributed by atoms with E-state index in [9.17, 15) is 13.2 Å². The first-order valence-electron chi connectivity index (χ1n) is 8.36. The van der Waals surface area contributed by atoms with Gasteiger partial charge in [0.05, 0.1) is 24.5 Å². The second kappa shape index (κ2) is 7.47. The molecule has 2 rings (SSSR count). The summed E-state index contributed by atoms with van der Waals surface area (Å²) in [6.45, 7) is 6.58. The highest BCUT2D eigenvalue weighted by molar-refractivity contribution is 7.92. The van der Waals surface area contributed by atoms with Crippen LogP contribution >= 0.6 is 0 Å². The second-order valence-corrected chi connectivity index (χ2v) is 8.87. The molecule has 1 saturated heterocycles. The van der Waals surface area contributed by atoms with Crippen molar-refractivity contribution in [1.29, 1.82) is 0 Å². The average molecular weight is 341 g/mol. The Labute approximate surface area is 138 Å². The topological polar surface area (TPSA) is 72.3 Å². The summed E-state index contributed by atoms with van der Waals surface area (Å²) in [6.07, 6.45) is 7.17. The van der Waals surface area contributed by atoms with Gasteiger partial charge < -0.3 is 4.90 Å². The van der Waals surface area contributed by atoms with Gasteiger partial charge in [0.15, 0.2) is 9.84 Å². The van der Waals surface area contributed by atoms with E-state index in [4.69, 9.17) is 0 Å². The summed E-state index contributed by atoms with van der Waals surface area (Å²) in [5.41, 5.74) is 1.08. The second-order valence-electron chi connectivity index (χ2n) is 6.43. The van der Waals surface area contributed by atoms with Crippen LogP contribution in [0.15, 0.2) is 12.4 Å². The molecule has 0 saturated carbocycles. The predicted octanol–water partition coefficient (Wildman–Crippen LogP) is 1.79. The molecular weight excluding hydrogens is 314 g/mol. The van der Waals surface area contributed by atoms with Gasteiger partial charge in [0.1, 0.15) is 5.25 Å². The number of carbonyl (C=O) groups excluding carboxylic acids is 1. The zero-order chi connectivity index (χ0) is 17.0. The first-order chi connectivity index (χ1) is 10.8. The molecule has 130 valence electrons. The van der Waals surface area contributed by atoms with Gasteiger partial charge in [0.25, 0.3) is 0 Å². The Morgan fingerprint density at radius 1 is 1.43 bits per heavy atom. The van der Waals surface area contributed by atoms with Gasteiger partial charge in [-0.15, -0.1) is 0 Å². The predicted molar refractivity (Wildman–Crippen MR) is 89.9 cm³/mol. The number of rotatable bonds is 6. The summed E-state index contributed by atoms with van der Waals surface area (Å²) in [7, 11) is -3.36. The lowest BCUT2D eigenvalue weighted by atomic mass is 10.0. The van der Waals surface area contributed by atoms with Crippen LogP contribution in [0.5, 0.6) is 0 Å². The first kappa shape index (κ1) is 18.0. The maximum Gasteiger partial charge on any atom is 0.240 e. The summed E-state index contributed by atoms with van der Waals surface area (Å²) in [5.74, 6) is -0.191. The minimum Gasteiger partial charge on any atom is -0.337 e. The molecule has 7 heteroatoms. The first-order valence-corrected chi connectivity index (χ1v) is 10.1. The van der Waals surface area contributed by atoms with Crippen LogP contribution in [0, 0.1) is 6.92 Å². The van der Waals surface area contributed by atoms with Crippen molar-refractivity contribution < 1.29 is 13.2 Å². The Morgan fingerprint density at radius 3 is 2.78 bits per heavy atom. The van der Waals surface area contributed by atoms with Crippen LogP contribution in [0.3, 0.4) is 0 Å². The molecule has 0 aliphatic carbocycles. The third-order valence-corrected chi connectivity index (χ3v) is 6.70. The van der Waals surface area contributed by atoms with E-state index in [1.54, 1.807) is 11.1 Å². The Bertz CT molecular complexity index is 639. The molecule has 0 aromatic carbocycles. The number of piperidine rings is 1. The number of carbonyl (C=O) groups is 1. The van der Waals surface area contributed by atoms with E-state index in [1.807, 2.05) is 24.7 Å². The Hall–Kier alpha value is -1.37. The monoisotopic (exact) mass is 341 g/mol. The van der Waals surface area contributed by atoms with E-state index in [1.165, 1.54) is 6.92 Å². The average Bonchev–Trinajstić information content (AvgIpc) is 2.91. The van der Waals surface area contributed by atoms with Gasteiger partial charge in [0.2, 0.25) is 5.91 Å². The fraction of sp³-hybridized carbons (Fsp3) is 0.750. The van der Waals surface area contributed by atoms with Crippen LogP contribution < -0.4 is 0 Å². The van der Waals surface area contributed by atoms with Crippen molar-refractivity contribution in [3.8, 4) is 0 Å². The van der Waals surface area contributed by atoms with Crippen molar-refractivity contribution in [2.75, 3.05) is 12.3 Å². The molecule has 0 radical (unpaired) electrons. The van der Waals surface area contributed by atoms with Crippen molar-refractivity contribution in [2.45, 2.75) is 64.3 Å². The molecule has 6 nitrogen and oxygen atoms in total. The van der Waals surface area contributed by atoms with Crippen molar-refractivity contribution in [3.63, 3.8) is 0 Å². The third-order valence-electron chi connectivity index (χ3n) is 4.45.